The van der Waals surface area contributed by atoms with E-state index in [1.165, 1.54) is 11.6 Å². The zero-order valence-electron chi connectivity index (χ0n) is 11.4. The molecule has 0 saturated carbocycles. The average Bonchev–Trinajstić information content (AvgIpc) is 2.49. The van der Waals surface area contributed by atoms with Crippen LogP contribution in [0.5, 0.6) is 0 Å². The van der Waals surface area contributed by atoms with Crippen LogP contribution in [0.1, 0.15) is 29.3 Å². The summed E-state index contributed by atoms with van der Waals surface area (Å²) in [6, 6.07) is 10.4. The monoisotopic (exact) mass is 269 g/mol. The highest BCUT2D eigenvalue weighted by Gasteiger charge is 2.04. The minimum absolute atomic E-state index is 0.0800. The maximum absolute atomic E-state index is 13.2. The van der Waals surface area contributed by atoms with Gasteiger partial charge in [-0.3, -0.25) is 4.98 Å². The van der Waals surface area contributed by atoms with Crippen LogP contribution in [0.15, 0.2) is 36.5 Å². The van der Waals surface area contributed by atoms with Crippen molar-refractivity contribution in [1.29, 1.82) is 5.26 Å². The van der Waals surface area contributed by atoms with Gasteiger partial charge in [0.05, 0.1) is 11.3 Å². The van der Waals surface area contributed by atoms with Crippen LogP contribution in [-0.4, -0.2) is 4.98 Å². The molecule has 0 aliphatic rings. The van der Waals surface area contributed by atoms with Gasteiger partial charge in [-0.25, -0.2) is 4.39 Å². The Morgan fingerprint density at radius 3 is 2.90 bits per heavy atom. The molecule has 20 heavy (non-hydrogen) atoms. The first-order valence-corrected chi connectivity index (χ1v) is 6.56. The first-order valence-electron chi connectivity index (χ1n) is 6.56. The van der Waals surface area contributed by atoms with E-state index in [0.29, 0.717) is 13.1 Å². The third kappa shape index (κ3) is 3.40. The lowest BCUT2D eigenvalue weighted by Crippen LogP contribution is -2.15. The first-order chi connectivity index (χ1) is 9.74. The number of pyridine rings is 1. The molecule has 0 unspecified atom stereocenters. The molecule has 0 aliphatic heterocycles. The van der Waals surface area contributed by atoms with Gasteiger partial charge in [0.2, 0.25) is 0 Å². The minimum atomic E-state index is -0.478. The fourth-order valence-electron chi connectivity index (χ4n) is 2.05. The van der Waals surface area contributed by atoms with Crippen molar-refractivity contribution in [2.75, 3.05) is 0 Å². The molecule has 1 aromatic heterocycles. The molecular weight excluding hydrogens is 253 g/mol. The van der Waals surface area contributed by atoms with E-state index in [-0.39, 0.29) is 5.56 Å². The topological polar surface area (TPSA) is 48.7 Å². The Morgan fingerprint density at radius 1 is 1.30 bits per heavy atom. The van der Waals surface area contributed by atoms with E-state index in [9.17, 15) is 4.39 Å². The molecule has 0 atom stereocenters. The van der Waals surface area contributed by atoms with Crippen LogP contribution in [0.4, 0.5) is 4.39 Å². The Kier molecular flexibility index (Phi) is 4.80. The van der Waals surface area contributed by atoms with Gasteiger partial charge in [-0.05, 0) is 35.7 Å². The van der Waals surface area contributed by atoms with Crippen molar-refractivity contribution < 1.29 is 4.39 Å². The van der Waals surface area contributed by atoms with Crippen molar-refractivity contribution >= 4 is 0 Å². The zero-order chi connectivity index (χ0) is 14.4. The largest absolute Gasteiger partial charge is 0.307 e. The van der Waals surface area contributed by atoms with E-state index in [4.69, 9.17) is 5.26 Å². The normalized spacial score (nSPS) is 10.2. The molecule has 1 heterocycles. The number of hydrogen-bond donors (Lipinski definition) is 1. The average molecular weight is 269 g/mol. The van der Waals surface area contributed by atoms with Crippen molar-refractivity contribution in [2.24, 2.45) is 0 Å². The molecule has 1 aromatic carbocycles. The Hall–Kier alpha value is -2.25. The number of rotatable bonds is 5. The Balaban J connectivity index is 1.98. The second kappa shape index (κ2) is 6.78. The molecular formula is C16H16FN3. The standard InChI is InChI=1S/C16H16FN3/c1-2-13-4-3-7-20-16(13)11-19-10-12-5-6-15(17)14(8-12)9-18/h3-8,19H,2,10-11H2,1H3. The van der Waals surface area contributed by atoms with Gasteiger partial charge in [-0.15, -0.1) is 0 Å². The lowest BCUT2D eigenvalue weighted by Gasteiger charge is -2.08. The number of nitrogens with one attached hydrogen (secondary N) is 1. The van der Waals surface area contributed by atoms with Gasteiger partial charge >= 0.3 is 0 Å². The summed E-state index contributed by atoms with van der Waals surface area (Å²) in [5, 5.41) is 12.1. The molecule has 0 radical (unpaired) electrons. The van der Waals surface area contributed by atoms with Crippen molar-refractivity contribution in [3.05, 3.63) is 64.7 Å². The summed E-state index contributed by atoms with van der Waals surface area (Å²) in [5.74, 6) is -0.478. The van der Waals surface area contributed by atoms with Gasteiger partial charge in [0.15, 0.2) is 0 Å². The van der Waals surface area contributed by atoms with E-state index >= 15 is 0 Å². The van der Waals surface area contributed by atoms with E-state index in [2.05, 4.69) is 23.3 Å². The molecule has 0 saturated heterocycles. The maximum Gasteiger partial charge on any atom is 0.140 e. The molecule has 2 rings (SSSR count). The van der Waals surface area contributed by atoms with Crippen molar-refractivity contribution in [3.8, 4) is 6.07 Å². The third-order valence-corrected chi connectivity index (χ3v) is 3.14. The smallest absolute Gasteiger partial charge is 0.140 e. The summed E-state index contributed by atoms with van der Waals surface area (Å²) < 4.78 is 13.2. The highest BCUT2D eigenvalue weighted by Crippen LogP contribution is 2.10. The van der Waals surface area contributed by atoms with Crippen LogP contribution in [0.2, 0.25) is 0 Å². The fraction of sp³-hybridized carbons (Fsp3) is 0.250. The molecule has 3 nitrogen and oxygen atoms in total. The van der Waals surface area contributed by atoms with Crippen LogP contribution in [0, 0.1) is 17.1 Å². The molecule has 0 fully saturated rings. The lowest BCUT2D eigenvalue weighted by molar-refractivity contribution is 0.620. The number of benzene rings is 1. The van der Waals surface area contributed by atoms with E-state index in [1.807, 2.05) is 12.1 Å². The number of hydrogen-bond acceptors (Lipinski definition) is 3. The first kappa shape index (κ1) is 14.2. The minimum Gasteiger partial charge on any atom is -0.307 e. The van der Waals surface area contributed by atoms with Crippen LogP contribution in [0.3, 0.4) is 0 Å². The molecule has 0 amide bonds. The second-order valence-electron chi connectivity index (χ2n) is 4.49. The molecule has 1 N–H and O–H groups in total. The number of nitrogens with zero attached hydrogens (tertiary/aromatic N) is 2. The fourth-order valence-corrected chi connectivity index (χ4v) is 2.05. The van der Waals surface area contributed by atoms with Gasteiger partial charge in [-0.2, -0.15) is 5.26 Å². The summed E-state index contributed by atoms with van der Waals surface area (Å²) in [7, 11) is 0. The summed E-state index contributed by atoms with van der Waals surface area (Å²) in [5.41, 5.74) is 3.21. The van der Waals surface area contributed by atoms with Gasteiger partial charge in [0.1, 0.15) is 11.9 Å². The Bertz CT molecular complexity index is 632. The van der Waals surface area contributed by atoms with E-state index < -0.39 is 5.82 Å². The number of halogens is 1. The van der Waals surface area contributed by atoms with Crippen LogP contribution < -0.4 is 5.32 Å². The molecule has 0 spiro atoms. The number of nitriles is 1. The van der Waals surface area contributed by atoms with Crippen LogP contribution >= 0.6 is 0 Å². The van der Waals surface area contributed by atoms with E-state index in [1.54, 1.807) is 18.3 Å². The molecule has 0 aliphatic carbocycles. The predicted molar refractivity (Wildman–Crippen MR) is 75.3 cm³/mol. The van der Waals surface area contributed by atoms with Crippen LogP contribution in [0.25, 0.3) is 0 Å². The predicted octanol–water partition coefficient (Wildman–Crippen LogP) is 2.94. The highest BCUT2D eigenvalue weighted by atomic mass is 19.1. The van der Waals surface area contributed by atoms with E-state index in [0.717, 1.165) is 17.7 Å². The molecule has 2 aromatic rings. The van der Waals surface area contributed by atoms with Gasteiger partial charge in [-0.1, -0.05) is 19.1 Å². The molecule has 102 valence electrons. The van der Waals surface area contributed by atoms with Crippen molar-refractivity contribution in [1.82, 2.24) is 10.3 Å². The second-order valence-corrected chi connectivity index (χ2v) is 4.49. The third-order valence-electron chi connectivity index (χ3n) is 3.14. The quantitative estimate of drug-likeness (QED) is 0.908. The number of aromatic nitrogens is 1. The molecule has 4 heteroatoms. The molecule has 0 bridgehead atoms. The van der Waals surface area contributed by atoms with Crippen molar-refractivity contribution in [3.63, 3.8) is 0 Å². The summed E-state index contributed by atoms with van der Waals surface area (Å²) in [4.78, 5) is 4.35. The summed E-state index contributed by atoms with van der Waals surface area (Å²) in [6.45, 7) is 3.33. The maximum atomic E-state index is 13.2. The van der Waals surface area contributed by atoms with Gasteiger partial charge in [0, 0.05) is 19.3 Å². The Labute approximate surface area is 118 Å². The summed E-state index contributed by atoms with van der Waals surface area (Å²) in [6.07, 6.45) is 2.72. The number of aryl methyl sites for hydroxylation is 1. The Morgan fingerprint density at radius 2 is 2.15 bits per heavy atom. The highest BCUT2D eigenvalue weighted by molar-refractivity contribution is 5.34. The zero-order valence-corrected chi connectivity index (χ0v) is 11.4. The lowest BCUT2D eigenvalue weighted by atomic mass is 10.1. The SMILES string of the molecule is CCc1cccnc1CNCc1ccc(F)c(C#N)c1. The van der Waals surface area contributed by atoms with Gasteiger partial charge in [0.25, 0.3) is 0 Å². The summed E-state index contributed by atoms with van der Waals surface area (Å²) >= 11 is 0. The van der Waals surface area contributed by atoms with Crippen molar-refractivity contribution in [2.45, 2.75) is 26.4 Å². The van der Waals surface area contributed by atoms with Crippen LogP contribution in [-0.2, 0) is 19.5 Å². The van der Waals surface area contributed by atoms with Gasteiger partial charge < -0.3 is 5.32 Å².